The van der Waals surface area contributed by atoms with Gasteiger partial charge in [-0.05, 0) is 36.6 Å². The molecular weight excluding hydrogens is 244 g/mol. The summed E-state index contributed by atoms with van der Waals surface area (Å²) in [4.78, 5) is 9.31. The Kier molecular flexibility index (Phi) is 2.59. The van der Waals surface area contributed by atoms with Gasteiger partial charge in [-0.1, -0.05) is 36.4 Å². The minimum atomic E-state index is 0.945. The molecule has 4 rings (SSSR count). The third kappa shape index (κ3) is 1.73. The minimum absolute atomic E-state index is 0.945. The highest BCUT2D eigenvalue weighted by molar-refractivity contribution is 5.90. The fraction of sp³-hybridized carbons (Fsp3) is 0.111. The summed E-state index contributed by atoms with van der Waals surface area (Å²) >= 11 is 0. The Bertz CT molecular complexity index is 804. The van der Waals surface area contributed by atoms with Gasteiger partial charge in [0.2, 0.25) is 0 Å². The Morgan fingerprint density at radius 3 is 2.75 bits per heavy atom. The largest absolute Gasteiger partial charge is 0.255 e. The van der Waals surface area contributed by atoms with Crippen molar-refractivity contribution in [3.05, 3.63) is 65.9 Å². The van der Waals surface area contributed by atoms with Gasteiger partial charge in [0, 0.05) is 17.1 Å². The lowest BCUT2D eigenvalue weighted by Gasteiger charge is -2.17. The highest BCUT2D eigenvalue weighted by atomic mass is 14.8. The van der Waals surface area contributed by atoms with Gasteiger partial charge in [-0.25, -0.2) is 4.98 Å². The van der Waals surface area contributed by atoms with E-state index in [0.717, 1.165) is 29.7 Å². The summed E-state index contributed by atoms with van der Waals surface area (Å²) in [6, 6.07) is 14.4. The van der Waals surface area contributed by atoms with Gasteiger partial charge in [-0.15, -0.1) is 0 Å². The predicted octanol–water partition coefficient (Wildman–Crippen LogP) is 4.26. The molecule has 0 spiro atoms. The van der Waals surface area contributed by atoms with Crippen molar-refractivity contribution in [2.24, 2.45) is 0 Å². The number of aromatic nitrogens is 2. The van der Waals surface area contributed by atoms with Crippen LogP contribution in [0.5, 0.6) is 0 Å². The maximum absolute atomic E-state index is 4.85. The van der Waals surface area contributed by atoms with Crippen LogP contribution in [0.3, 0.4) is 0 Å². The van der Waals surface area contributed by atoms with Gasteiger partial charge in [0.05, 0.1) is 16.9 Å². The third-order valence-corrected chi connectivity index (χ3v) is 3.79. The molecule has 0 amide bonds. The van der Waals surface area contributed by atoms with Gasteiger partial charge >= 0.3 is 0 Å². The quantitative estimate of drug-likeness (QED) is 0.652. The molecule has 1 aromatic carbocycles. The van der Waals surface area contributed by atoms with Crippen LogP contribution in [-0.4, -0.2) is 9.97 Å². The second-order valence-corrected chi connectivity index (χ2v) is 5.03. The number of rotatable bonds is 1. The first kappa shape index (κ1) is 11.4. The van der Waals surface area contributed by atoms with Crippen molar-refractivity contribution in [2.45, 2.75) is 12.8 Å². The minimum Gasteiger partial charge on any atom is -0.255 e. The second-order valence-electron chi connectivity index (χ2n) is 5.03. The molecule has 2 aromatic heterocycles. The van der Waals surface area contributed by atoms with Gasteiger partial charge in [0.25, 0.3) is 0 Å². The van der Waals surface area contributed by atoms with E-state index in [4.69, 9.17) is 4.98 Å². The fourth-order valence-electron chi connectivity index (χ4n) is 2.87. The van der Waals surface area contributed by atoms with Gasteiger partial charge in [-0.3, -0.25) is 4.98 Å². The molecule has 1 aliphatic carbocycles. The van der Waals surface area contributed by atoms with Crippen LogP contribution in [0.4, 0.5) is 0 Å². The molecule has 0 bridgehead atoms. The maximum atomic E-state index is 4.85. The molecule has 2 nitrogen and oxygen atoms in total. The van der Waals surface area contributed by atoms with E-state index in [2.05, 4.69) is 35.3 Å². The number of para-hydroxylation sites is 1. The van der Waals surface area contributed by atoms with Crippen molar-refractivity contribution >= 4 is 17.0 Å². The normalized spacial score (nSPS) is 13.4. The molecule has 0 fully saturated rings. The number of aryl methyl sites for hydroxylation is 1. The zero-order valence-electron chi connectivity index (χ0n) is 11.1. The summed E-state index contributed by atoms with van der Waals surface area (Å²) in [5.41, 5.74) is 5.63. The Hall–Kier alpha value is -2.48. The number of hydrogen-bond donors (Lipinski definition) is 0. The van der Waals surface area contributed by atoms with Crippen molar-refractivity contribution in [1.29, 1.82) is 0 Å². The van der Waals surface area contributed by atoms with Crippen molar-refractivity contribution < 1.29 is 0 Å². The van der Waals surface area contributed by atoms with Crippen LogP contribution in [0.1, 0.15) is 17.5 Å². The summed E-state index contributed by atoms with van der Waals surface area (Å²) in [6.07, 6.45) is 8.43. The lowest BCUT2D eigenvalue weighted by Crippen LogP contribution is -2.02. The molecule has 0 radical (unpaired) electrons. The van der Waals surface area contributed by atoms with Crippen molar-refractivity contribution in [3.8, 4) is 11.4 Å². The van der Waals surface area contributed by atoms with Gasteiger partial charge < -0.3 is 0 Å². The molecule has 0 saturated heterocycles. The number of allylic oxidation sites excluding steroid dienone is 1. The number of nitrogens with zero attached hydrogens (tertiary/aromatic N) is 2. The standard InChI is InChI=1S/C18H14N2/c1-2-9-15-13(7-1)14-8-3-4-10-16(14)20-18(15)17-11-5-6-12-19-17/h2-6,8-12H,1,7H2. The molecule has 0 N–H and O–H groups in total. The number of benzene rings is 1. The number of pyridine rings is 2. The van der Waals surface area contributed by atoms with E-state index >= 15 is 0 Å². The van der Waals surface area contributed by atoms with Crippen LogP contribution in [-0.2, 0) is 6.42 Å². The first-order valence-electron chi connectivity index (χ1n) is 6.93. The highest BCUT2D eigenvalue weighted by Crippen LogP contribution is 2.33. The lowest BCUT2D eigenvalue weighted by molar-refractivity contribution is 0.992. The van der Waals surface area contributed by atoms with Crippen LogP contribution in [0.15, 0.2) is 54.7 Å². The number of fused-ring (bicyclic) bond motifs is 3. The molecule has 3 aromatic rings. The van der Waals surface area contributed by atoms with E-state index in [9.17, 15) is 0 Å². The maximum Gasteiger partial charge on any atom is 0.0968 e. The smallest absolute Gasteiger partial charge is 0.0968 e. The first-order chi connectivity index (χ1) is 9.93. The van der Waals surface area contributed by atoms with E-state index in [1.54, 1.807) is 0 Å². The average Bonchev–Trinajstić information content (AvgIpc) is 2.55. The van der Waals surface area contributed by atoms with Crippen LogP contribution in [0.2, 0.25) is 0 Å². The van der Waals surface area contributed by atoms with Crippen LogP contribution in [0.25, 0.3) is 28.4 Å². The van der Waals surface area contributed by atoms with Crippen LogP contribution in [0, 0.1) is 0 Å². The summed E-state index contributed by atoms with van der Waals surface area (Å²) in [6.45, 7) is 0. The van der Waals surface area contributed by atoms with Gasteiger partial charge in [0.15, 0.2) is 0 Å². The van der Waals surface area contributed by atoms with Crippen molar-refractivity contribution in [3.63, 3.8) is 0 Å². The summed E-state index contributed by atoms with van der Waals surface area (Å²) in [5, 5.41) is 1.27. The topological polar surface area (TPSA) is 25.8 Å². The van der Waals surface area contributed by atoms with Crippen molar-refractivity contribution in [1.82, 2.24) is 9.97 Å². The molecule has 0 unspecified atom stereocenters. The van der Waals surface area contributed by atoms with E-state index in [-0.39, 0.29) is 0 Å². The molecule has 2 heteroatoms. The molecule has 0 saturated carbocycles. The summed E-state index contributed by atoms with van der Waals surface area (Å²) < 4.78 is 0. The molecule has 0 aliphatic heterocycles. The molecule has 0 atom stereocenters. The van der Waals surface area contributed by atoms with E-state index in [0.29, 0.717) is 0 Å². The number of hydrogen-bond acceptors (Lipinski definition) is 2. The SMILES string of the molecule is C1=Cc2c(-c3ccccn3)nc3ccccc3c2CC1. The van der Waals surface area contributed by atoms with Gasteiger partial charge in [0.1, 0.15) is 0 Å². The monoisotopic (exact) mass is 258 g/mol. The molecule has 96 valence electrons. The average molecular weight is 258 g/mol. The van der Waals surface area contributed by atoms with E-state index in [1.807, 2.05) is 30.5 Å². The zero-order chi connectivity index (χ0) is 13.4. The lowest BCUT2D eigenvalue weighted by atomic mass is 9.91. The predicted molar refractivity (Wildman–Crippen MR) is 82.3 cm³/mol. The van der Waals surface area contributed by atoms with Crippen molar-refractivity contribution in [2.75, 3.05) is 0 Å². The third-order valence-electron chi connectivity index (χ3n) is 3.79. The molecular formula is C18H14N2. The highest BCUT2D eigenvalue weighted by Gasteiger charge is 2.16. The van der Waals surface area contributed by atoms with Crippen LogP contribution >= 0.6 is 0 Å². The second kappa shape index (κ2) is 4.57. The zero-order valence-corrected chi connectivity index (χ0v) is 11.1. The Balaban J connectivity index is 2.09. The van der Waals surface area contributed by atoms with E-state index in [1.165, 1.54) is 16.5 Å². The van der Waals surface area contributed by atoms with Gasteiger partial charge in [-0.2, -0.15) is 0 Å². The Morgan fingerprint density at radius 2 is 1.85 bits per heavy atom. The Morgan fingerprint density at radius 1 is 0.950 bits per heavy atom. The Labute approximate surface area is 117 Å². The molecule has 1 aliphatic rings. The first-order valence-corrected chi connectivity index (χ1v) is 6.93. The summed E-state index contributed by atoms with van der Waals surface area (Å²) in [7, 11) is 0. The summed E-state index contributed by atoms with van der Waals surface area (Å²) in [5.74, 6) is 0. The van der Waals surface area contributed by atoms with Crippen LogP contribution < -0.4 is 0 Å². The molecule has 2 heterocycles. The van der Waals surface area contributed by atoms with E-state index < -0.39 is 0 Å². The fourth-order valence-corrected chi connectivity index (χ4v) is 2.87. The molecule has 20 heavy (non-hydrogen) atoms.